The van der Waals surface area contributed by atoms with Crippen LogP contribution in [0.25, 0.3) is 0 Å². The number of sulfonamides is 2. The quantitative estimate of drug-likeness (QED) is 0.492. The summed E-state index contributed by atoms with van der Waals surface area (Å²) in [6, 6.07) is 3.52. The van der Waals surface area contributed by atoms with Gasteiger partial charge in [0.1, 0.15) is 14.3 Å². The molecule has 0 spiro atoms. The van der Waals surface area contributed by atoms with E-state index in [2.05, 4.69) is 14.4 Å². The van der Waals surface area contributed by atoms with E-state index < -0.39 is 20.0 Å². The molecule has 0 saturated carbocycles. The van der Waals surface area contributed by atoms with Crippen molar-refractivity contribution < 1.29 is 16.8 Å². The Bertz CT molecular complexity index is 1220. The summed E-state index contributed by atoms with van der Waals surface area (Å²) in [5, 5.41) is -0.0589. The highest BCUT2D eigenvalue weighted by atomic mass is 35.5. The van der Waals surface area contributed by atoms with Gasteiger partial charge in [0, 0.05) is 11.9 Å². The number of allylic oxidation sites excluding steroid dienone is 1. The number of rotatable bonds is 6. The van der Waals surface area contributed by atoms with Gasteiger partial charge in [-0.05, 0) is 24.6 Å². The van der Waals surface area contributed by atoms with E-state index in [1.807, 2.05) is 0 Å². The largest absolute Gasteiger partial charge is 0.277 e. The minimum Gasteiger partial charge on any atom is -0.277 e. The van der Waals surface area contributed by atoms with Gasteiger partial charge >= 0.3 is 0 Å². The number of pyridine rings is 1. The molecule has 1 aliphatic heterocycles. The van der Waals surface area contributed by atoms with Crippen molar-refractivity contribution in [1.82, 2.24) is 4.98 Å². The van der Waals surface area contributed by atoms with E-state index in [1.165, 1.54) is 23.9 Å². The van der Waals surface area contributed by atoms with Gasteiger partial charge < -0.3 is 0 Å². The summed E-state index contributed by atoms with van der Waals surface area (Å²) in [5.41, 5.74) is -0.220. The lowest BCUT2D eigenvalue weighted by molar-refractivity contribution is 0.600. The lowest BCUT2D eigenvalue weighted by Gasteiger charge is -2.16. The maximum absolute atomic E-state index is 12.7. The summed E-state index contributed by atoms with van der Waals surface area (Å²) < 4.78 is 55.3. The summed E-state index contributed by atoms with van der Waals surface area (Å²) in [5.74, 6) is 0.640. The van der Waals surface area contributed by atoms with Gasteiger partial charge in [-0.3, -0.25) is 9.44 Å². The second-order valence-corrected chi connectivity index (χ2v) is 11.9. The van der Waals surface area contributed by atoms with Crippen molar-refractivity contribution in [3.8, 4) is 0 Å². The minimum atomic E-state index is -4.19. The lowest BCUT2D eigenvalue weighted by Crippen LogP contribution is -2.18. The topological polar surface area (TPSA) is 105 Å². The van der Waals surface area contributed by atoms with Crippen LogP contribution in [0, 0.1) is 0 Å². The third-order valence-electron chi connectivity index (χ3n) is 3.57. The van der Waals surface area contributed by atoms with Crippen LogP contribution >= 0.6 is 58.2 Å². The predicted molar refractivity (Wildman–Crippen MR) is 119 cm³/mol. The maximum atomic E-state index is 12.7. The first-order valence-corrected chi connectivity index (χ1v) is 13.1. The molecule has 0 aliphatic carbocycles. The van der Waals surface area contributed by atoms with Gasteiger partial charge in [-0.2, -0.15) is 0 Å². The molecule has 0 radical (unpaired) electrons. The second-order valence-electron chi connectivity index (χ2n) is 5.63. The Balaban J connectivity index is 2.00. The van der Waals surface area contributed by atoms with Crippen molar-refractivity contribution in [3.05, 3.63) is 54.9 Å². The van der Waals surface area contributed by atoms with Crippen molar-refractivity contribution in [2.24, 2.45) is 0 Å². The Morgan fingerprint density at radius 2 is 1.45 bits per heavy atom. The first kappa shape index (κ1) is 22.8. The Labute approximate surface area is 191 Å². The molecule has 2 aromatic rings. The van der Waals surface area contributed by atoms with Crippen LogP contribution in [0.1, 0.15) is 6.42 Å². The maximum Gasteiger partial charge on any atom is 0.267 e. The number of hydrogen-bond acceptors (Lipinski definition) is 6. The molecule has 0 atom stereocenters. The van der Waals surface area contributed by atoms with E-state index in [0.717, 1.165) is 12.3 Å². The average molecular weight is 535 g/mol. The van der Waals surface area contributed by atoms with Crippen LogP contribution in [0.2, 0.25) is 20.2 Å². The number of halogens is 4. The van der Waals surface area contributed by atoms with E-state index in [9.17, 15) is 16.8 Å². The van der Waals surface area contributed by atoms with Crippen molar-refractivity contribution in [2.75, 3.05) is 15.2 Å². The highest BCUT2D eigenvalue weighted by Crippen LogP contribution is 2.37. The number of thioether (sulfide) groups is 1. The van der Waals surface area contributed by atoms with Gasteiger partial charge in [0.2, 0.25) is 0 Å². The van der Waals surface area contributed by atoms with Crippen molar-refractivity contribution in [2.45, 2.75) is 11.3 Å². The number of nitrogens with one attached hydrogen (secondary N) is 2. The predicted octanol–water partition coefficient (Wildman–Crippen LogP) is 5.22. The van der Waals surface area contributed by atoms with Crippen LogP contribution in [0.4, 0.5) is 11.4 Å². The smallest absolute Gasteiger partial charge is 0.267 e. The molecule has 3 rings (SSSR count). The highest BCUT2D eigenvalue weighted by Gasteiger charge is 2.25. The van der Waals surface area contributed by atoms with Crippen LogP contribution in [0.3, 0.4) is 0 Å². The fourth-order valence-electron chi connectivity index (χ4n) is 2.25. The number of aromatic nitrogens is 1. The molecule has 0 bridgehead atoms. The molecule has 0 amide bonds. The fourth-order valence-corrected chi connectivity index (χ4v) is 6.51. The Hall–Kier alpha value is -0.880. The number of benzene rings is 1. The Morgan fingerprint density at radius 1 is 0.862 bits per heavy atom. The third-order valence-corrected chi connectivity index (χ3v) is 9.40. The van der Waals surface area contributed by atoms with Crippen LogP contribution < -0.4 is 9.44 Å². The summed E-state index contributed by atoms with van der Waals surface area (Å²) in [7, 11) is -8.10. The van der Waals surface area contributed by atoms with E-state index in [4.69, 9.17) is 46.4 Å². The minimum absolute atomic E-state index is 0.0223. The molecule has 0 fully saturated rings. The third kappa shape index (κ3) is 5.25. The molecule has 156 valence electrons. The van der Waals surface area contributed by atoms with Gasteiger partial charge in [0.25, 0.3) is 20.0 Å². The first-order valence-electron chi connectivity index (χ1n) is 7.68. The van der Waals surface area contributed by atoms with Crippen LogP contribution in [0.15, 0.2) is 39.6 Å². The Morgan fingerprint density at radius 3 is 1.97 bits per heavy atom. The molecule has 2 heterocycles. The van der Waals surface area contributed by atoms with Crippen molar-refractivity contribution in [1.29, 1.82) is 0 Å². The normalized spacial score (nSPS) is 14.6. The molecule has 0 saturated heterocycles. The lowest BCUT2D eigenvalue weighted by atomic mass is 10.3. The second kappa shape index (κ2) is 8.70. The van der Waals surface area contributed by atoms with E-state index in [0.29, 0.717) is 12.2 Å². The van der Waals surface area contributed by atoms with E-state index in [1.54, 1.807) is 6.08 Å². The first-order chi connectivity index (χ1) is 13.5. The molecule has 1 aliphatic rings. The molecule has 1 aromatic heterocycles. The average Bonchev–Trinajstić information content (AvgIpc) is 3.17. The summed E-state index contributed by atoms with van der Waals surface area (Å²) in [6.45, 7) is 0. The van der Waals surface area contributed by atoms with Crippen LogP contribution in [0.5, 0.6) is 0 Å². The fraction of sp³-hybridized carbons (Fsp3) is 0.133. The Kier molecular flexibility index (Phi) is 6.84. The molecule has 1 aromatic carbocycles. The molecular weight excluding hydrogens is 524 g/mol. The van der Waals surface area contributed by atoms with E-state index >= 15 is 0 Å². The molecule has 29 heavy (non-hydrogen) atoms. The zero-order chi connectivity index (χ0) is 21.4. The van der Waals surface area contributed by atoms with Crippen LogP contribution in [-0.4, -0.2) is 27.6 Å². The SMILES string of the molecule is O=S(=O)(Nc1cc(Cl)c(Cl)cc1NS(=O)(=O)c1cnc(Cl)c(Cl)c1)C1=CCCS1. The standard InChI is InChI=1S/C15H11Cl4N3O4S3/c16-9-5-12(21-28(23,24)8-4-11(18)15(19)20-7-8)13(6-10(9)17)22-29(25,26)14-2-1-3-27-14/h2,4-7,21-22H,1,3H2. The van der Waals surface area contributed by atoms with Gasteiger partial charge in [-0.25, -0.2) is 21.8 Å². The van der Waals surface area contributed by atoms with Crippen molar-refractivity contribution in [3.63, 3.8) is 0 Å². The molecule has 2 N–H and O–H groups in total. The zero-order valence-electron chi connectivity index (χ0n) is 14.1. The molecular formula is C15H11Cl4N3O4S3. The number of nitrogens with zero attached hydrogens (tertiary/aromatic N) is 1. The summed E-state index contributed by atoms with van der Waals surface area (Å²) >= 11 is 24.7. The van der Waals surface area contributed by atoms with Gasteiger partial charge in [-0.15, -0.1) is 11.8 Å². The highest BCUT2D eigenvalue weighted by molar-refractivity contribution is 8.19. The molecule has 0 unspecified atom stereocenters. The van der Waals surface area contributed by atoms with Crippen molar-refractivity contribution >= 4 is 89.6 Å². The summed E-state index contributed by atoms with van der Waals surface area (Å²) in [6.07, 6.45) is 3.21. The van der Waals surface area contributed by atoms with Crippen LogP contribution in [-0.2, 0) is 20.0 Å². The monoisotopic (exact) mass is 533 g/mol. The summed E-state index contributed by atoms with van der Waals surface area (Å²) in [4.78, 5) is 3.42. The number of hydrogen-bond donors (Lipinski definition) is 2. The molecule has 7 nitrogen and oxygen atoms in total. The van der Waals surface area contributed by atoms with E-state index in [-0.39, 0.29) is 40.7 Å². The van der Waals surface area contributed by atoms with Gasteiger partial charge in [-0.1, -0.05) is 52.5 Å². The van der Waals surface area contributed by atoms with Gasteiger partial charge in [0.15, 0.2) is 0 Å². The zero-order valence-corrected chi connectivity index (χ0v) is 19.6. The van der Waals surface area contributed by atoms with Gasteiger partial charge in [0.05, 0.1) is 26.4 Å². The molecule has 14 heteroatoms. The number of anilines is 2.